The summed E-state index contributed by atoms with van der Waals surface area (Å²) in [6.45, 7) is 0.484. The first-order valence-electron chi connectivity index (χ1n) is 12.8. The van der Waals surface area contributed by atoms with Crippen molar-refractivity contribution in [2.45, 2.75) is 24.6 Å². The Balaban J connectivity index is 1.29. The SMILES string of the molecule is O=C(Cc1ccccc1OC1(O)OCC(CO)C(O)C1O)NCC(=O)N1CCN(c2ccccc2[N+](=O)[O-])CC1. The molecule has 2 saturated heterocycles. The normalized spacial score (nSPS) is 24.9. The molecule has 2 aromatic rings. The molecule has 2 amide bonds. The van der Waals surface area contributed by atoms with Gasteiger partial charge in [0.15, 0.2) is 6.10 Å². The smallest absolute Gasteiger partial charge is 0.354 e. The van der Waals surface area contributed by atoms with Crippen LogP contribution in [-0.4, -0.2) is 106 Å². The number of aliphatic hydroxyl groups excluding tert-OH is 3. The van der Waals surface area contributed by atoms with Crippen molar-refractivity contribution >= 4 is 23.2 Å². The number of anilines is 1. The van der Waals surface area contributed by atoms with Gasteiger partial charge >= 0.3 is 5.97 Å². The zero-order chi connectivity index (χ0) is 28.9. The second-order valence-corrected chi connectivity index (χ2v) is 9.60. The molecule has 2 heterocycles. The fourth-order valence-corrected chi connectivity index (χ4v) is 4.65. The van der Waals surface area contributed by atoms with Gasteiger partial charge < -0.3 is 45.0 Å². The Morgan fingerprint density at radius 2 is 1.77 bits per heavy atom. The van der Waals surface area contributed by atoms with Crippen molar-refractivity contribution in [3.05, 3.63) is 64.2 Å². The Morgan fingerprint density at radius 1 is 1.10 bits per heavy atom. The molecule has 14 heteroatoms. The van der Waals surface area contributed by atoms with Crippen molar-refractivity contribution in [1.82, 2.24) is 10.2 Å². The standard InChI is InChI=1S/C26H32N4O10/c31-15-18-16-39-26(36,25(35)24(18)34)40-21-8-4-1-5-17(21)13-22(32)27-14-23(33)29-11-9-28(10-12-29)19-6-2-3-7-20(19)30(37)38/h1-8,18,24-25,31,34-36H,9-16H2,(H,27,32). The van der Waals surface area contributed by atoms with Gasteiger partial charge in [-0.25, -0.2) is 0 Å². The molecular weight excluding hydrogens is 528 g/mol. The van der Waals surface area contributed by atoms with Gasteiger partial charge in [-0.1, -0.05) is 30.3 Å². The second kappa shape index (κ2) is 12.6. The number of piperazine rings is 1. The maximum absolute atomic E-state index is 12.7. The highest BCUT2D eigenvalue weighted by atomic mass is 16.8. The molecule has 0 aromatic heterocycles. The first kappa shape index (κ1) is 29.2. The van der Waals surface area contributed by atoms with E-state index in [1.807, 2.05) is 4.90 Å². The molecular formula is C26H32N4O10. The minimum absolute atomic E-state index is 0.000936. The van der Waals surface area contributed by atoms with Crippen LogP contribution in [0.2, 0.25) is 0 Å². The summed E-state index contributed by atoms with van der Waals surface area (Å²) in [5.41, 5.74) is 0.821. The number of hydrogen-bond donors (Lipinski definition) is 5. The lowest BCUT2D eigenvalue weighted by Crippen LogP contribution is -2.62. The molecule has 2 aliphatic rings. The van der Waals surface area contributed by atoms with Crippen LogP contribution in [0.15, 0.2) is 48.5 Å². The maximum Gasteiger partial charge on any atom is 0.354 e. The molecule has 5 N–H and O–H groups in total. The number of para-hydroxylation sites is 3. The van der Waals surface area contributed by atoms with Crippen LogP contribution < -0.4 is 15.0 Å². The van der Waals surface area contributed by atoms with Gasteiger partial charge in [0.25, 0.3) is 5.69 Å². The number of rotatable bonds is 9. The van der Waals surface area contributed by atoms with Crippen molar-refractivity contribution in [3.8, 4) is 5.75 Å². The molecule has 0 spiro atoms. The molecule has 4 atom stereocenters. The predicted octanol–water partition coefficient (Wildman–Crippen LogP) is -1.01. The minimum atomic E-state index is -2.60. The fourth-order valence-electron chi connectivity index (χ4n) is 4.65. The van der Waals surface area contributed by atoms with Gasteiger partial charge in [-0.15, -0.1) is 0 Å². The molecule has 40 heavy (non-hydrogen) atoms. The lowest BCUT2D eigenvalue weighted by Gasteiger charge is -2.42. The summed E-state index contributed by atoms with van der Waals surface area (Å²) in [4.78, 5) is 39.7. The summed E-state index contributed by atoms with van der Waals surface area (Å²) < 4.78 is 10.7. The third-order valence-corrected chi connectivity index (χ3v) is 6.99. The van der Waals surface area contributed by atoms with E-state index in [0.717, 1.165) is 0 Å². The van der Waals surface area contributed by atoms with Crippen LogP contribution in [0.25, 0.3) is 0 Å². The van der Waals surface area contributed by atoms with Crippen molar-refractivity contribution in [3.63, 3.8) is 0 Å². The molecule has 216 valence electrons. The molecule has 2 fully saturated rings. The van der Waals surface area contributed by atoms with E-state index in [-0.39, 0.29) is 36.9 Å². The van der Waals surface area contributed by atoms with Crippen LogP contribution in [0.1, 0.15) is 5.56 Å². The largest absolute Gasteiger partial charge is 0.437 e. The van der Waals surface area contributed by atoms with Crippen LogP contribution >= 0.6 is 0 Å². The van der Waals surface area contributed by atoms with E-state index in [1.165, 1.54) is 12.1 Å². The predicted molar refractivity (Wildman–Crippen MR) is 139 cm³/mol. The summed E-state index contributed by atoms with van der Waals surface area (Å²) in [7, 11) is 0. The number of ether oxygens (including phenoxy) is 2. The molecule has 4 unspecified atom stereocenters. The van der Waals surface area contributed by atoms with Crippen molar-refractivity contribution in [2.75, 3.05) is 50.8 Å². The number of hydrogen-bond acceptors (Lipinski definition) is 11. The monoisotopic (exact) mass is 560 g/mol. The van der Waals surface area contributed by atoms with Crippen molar-refractivity contribution < 1.29 is 44.4 Å². The Kier molecular flexibility index (Phi) is 9.17. The number of nitrogens with one attached hydrogen (secondary N) is 1. The van der Waals surface area contributed by atoms with Crippen LogP contribution in [0.4, 0.5) is 11.4 Å². The van der Waals surface area contributed by atoms with Crippen molar-refractivity contribution in [1.29, 1.82) is 0 Å². The Morgan fingerprint density at radius 3 is 2.48 bits per heavy atom. The molecule has 0 radical (unpaired) electrons. The highest BCUT2D eigenvalue weighted by molar-refractivity contribution is 5.86. The van der Waals surface area contributed by atoms with E-state index < -0.39 is 41.5 Å². The molecule has 0 aliphatic carbocycles. The number of nitrogens with zero attached hydrogens (tertiary/aromatic N) is 3. The number of benzene rings is 2. The lowest BCUT2D eigenvalue weighted by molar-refractivity contribution is -0.399. The third kappa shape index (κ3) is 6.48. The third-order valence-electron chi connectivity index (χ3n) is 6.99. The van der Waals surface area contributed by atoms with Gasteiger partial charge in [-0.2, -0.15) is 0 Å². The van der Waals surface area contributed by atoms with Gasteiger partial charge in [-0.05, 0) is 12.1 Å². The van der Waals surface area contributed by atoms with Crippen LogP contribution in [-0.2, 0) is 20.7 Å². The van der Waals surface area contributed by atoms with Gasteiger partial charge in [0.05, 0.1) is 37.2 Å². The fraction of sp³-hybridized carbons (Fsp3) is 0.462. The zero-order valence-electron chi connectivity index (χ0n) is 21.6. The molecule has 0 saturated carbocycles. The van der Waals surface area contributed by atoms with Gasteiger partial charge in [0.2, 0.25) is 11.8 Å². The number of amides is 2. The molecule has 0 bridgehead atoms. The number of nitro benzene ring substituents is 1. The molecule has 14 nitrogen and oxygen atoms in total. The Labute approximate surface area is 229 Å². The highest BCUT2D eigenvalue weighted by Crippen LogP contribution is 2.32. The van der Waals surface area contributed by atoms with Crippen LogP contribution in [0, 0.1) is 16.0 Å². The first-order chi connectivity index (χ1) is 19.1. The van der Waals surface area contributed by atoms with E-state index >= 15 is 0 Å². The van der Waals surface area contributed by atoms with E-state index in [0.29, 0.717) is 37.4 Å². The quantitative estimate of drug-likeness (QED) is 0.143. The second-order valence-electron chi connectivity index (χ2n) is 9.60. The van der Waals surface area contributed by atoms with E-state index in [2.05, 4.69) is 5.32 Å². The summed E-state index contributed by atoms with van der Waals surface area (Å²) in [6, 6.07) is 12.6. The molecule has 2 aliphatic heterocycles. The van der Waals surface area contributed by atoms with Gasteiger partial charge in [-0.3, -0.25) is 19.7 Å². The lowest BCUT2D eigenvalue weighted by atomic mass is 9.95. The number of aliphatic hydroxyl groups is 4. The molecule has 4 rings (SSSR count). The minimum Gasteiger partial charge on any atom is -0.437 e. The summed E-state index contributed by atoms with van der Waals surface area (Å²) in [5, 5.41) is 54.3. The highest BCUT2D eigenvalue weighted by Gasteiger charge is 2.51. The topological polar surface area (TPSA) is 195 Å². The van der Waals surface area contributed by atoms with E-state index in [4.69, 9.17) is 9.47 Å². The number of nitro groups is 1. The zero-order valence-corrected chi connectivity index (χ0v) is 21.6. The summed E-state index contributed by atoms with van der Waals surface area (Å²) in [5.74, 6) is -4.19. The van der Waals surface area contributed by atoms with E-state index in [9.17, 15) is 40.1 Å². The maximum atomic E-state index is 12.7. The Hall–Kier alpha value is -3.82. The van der Waals surface area contributed by atoms with Crippen molar-refractivity contribution in [2.24, 2.45) is 5.92 Å². The average Bonchev–Trinajstić information content (AvgIpc) is 2.96. The van der Waals surface area contributed by atoms with Gasteiger partial charge in [0, 0.05) is 43.7 Å². The number of carbonyl (C=O) groups excluding carboxylic acids is 2. The number of carbonyl (C=O) groups is 2. The first-order valence-corrected chi connectivity index (χ1v) is 12.8. The average molecular weight is 561 g/mol. The summed E-state index contributed by atoms with van der Waals surface area (Å²) >= 11 is 0. The van der Waals surface area contributed by atoms with E-state index in [1.54, 1.807) is 41.3 Å². The Bertz CT molecular complexity index is 1220. The van der Waals surface area contributed by atoms with Crippen LogP contribution in [0.3, 0.4) is 0 Å². The summed E-state index contributed by atoms with van der Waals surface area (Å²) in [6.07, 6.45) is -3.61. The van der Waals surface area contributed by atoms with Gasteiger partial charge in [0.1, 0.15) is 11.4 Å². The molecule has 2 aromatic carbocycles. The van der Waals surface area contributed by atoms with Crippen LogP contribution in [0.5, 0.6) is 5.75 Å².